The van der Waals surface area contributed by atoms with Crippen molar-refractivity contribution < 1.29 is 19.1 Å². The van der Waals surface area contributed by atoms with Gasteiger partial charge in [-0.1, -0.05) is 17.7 Å². The van der Waals surface area contributed by atoms with E-state index in [4.69, 9.17) is 9.47 Å². The van der Waals surface area contributed by atoms with Crippen LogP contribution < -0.4 is 10.1 Å². The predicted molar refractivity (Wildman–Crippen MR) is 100 cm³/mol. The summed E-state index contributed by atoms with van der Waals surface area (Å²) in [5.74, 6) is 0.768. The molecule has 0 spiro atoms. The molecule has 6 heteroatoms. The van der Waals surface area contributed by atoms with E-state index in [1.165, 1.54) is 5.56 Å². The normalized spacial score (nSPS) is 15.5. The van der Waals surface area contributed by atoms with Gasteiger partial charge in [-0.05, 0) is 52.7 Å². The number of nitrogens with one attached hydrogen (secondary N) is 1. The van der Waals surface area contributed by atoms with Crippen LogP contribution in [0.1, 0.15) is 39.2 Å². The van der Waals surface area contributed by atoms with Gasteiger partial charge in [0.2, 0.25) is 5.91 Å². The molecule has 0 aromatic heterocycles. The third kappa shape index (κ3) is 6.58. The minimum Gasteiger partial charge on any atom is -0.492 e. The highest BCUT2D eigenvalue weighted by Crippen LogP contribution is 2.20. The average molecular weight is 362 g/mol. The molecule has 6 nitrogen and oxygen atoms in total. The molecule has 2 rings (SSSR count). The molecular formula is C20H30N2O4. The summed E-state index contributed by atoms with van der Waals surface area (Å²) in [5, 5.41) is 2.92. The molecule has 0 aliphatic carbocycles. The first-order chi connectivity index (χ1) is 12.2. The number of hydrogen-bond acceptors (Lipinski definition) is 4. The Morgan fingerprint density at radius 1 is 1.15 bits per heavy atom. The average Bonchev–Trinajstić information content (AvgIpc) is 2.59. The fraction of sp³-hybridized carbons (Fsp3) is 0.600. The van der Waals surface area contributed by atoms with Crippen LogP contribution in [-0.4, -0.2) is 48.7 Å². The van der Waals surface area contributed by atoms with Crippen LogP contribution in [0, 0.1) is 12.8 Å². The number of hydrogen-bond donors (Lipinski definition) is 1. The van der Waals surface area contributed by atoms with Gasteiger partial charge in [-0.2, -0.15) is 0 Å². The molecule has 26 heavy (non-hydrogen) atoms. The molecule has 0 unspecified atom stereocenters. The molecule has 1 N–H and O–H groups in total. The SMILES string of the molecule is Cc1ccc(OCCNC(=O)C2CCN(C(=O)OC(C)(C)C)CC2)cc1. The van der Waals surface area contributed by atoms with Crippen molar-refractivity contribution in [2.75, 3.05) is 26.2 Å². The van der Waals surface area contributed by atoms with Gasteiger partial charge in [0.1, 0.15) is 18.0 Å². The number of amides is 2. The molecular weight excluding hydrogens is 332 g/mol. The Bertz CT molecular complexity index is 599. The summed E-state index contributed by atoms with van der Waals surface area (Å²) in [6.07, 6.45) is 1.01. The Morgan fingerprint density at radius 2 is 1.77 bits per heavy atom. The summed E-state index contributed by atoms with van der Waals surface area (Å²) >= 11 is 0. The summed E-state index contributed by atoms with van der Waals surface area (Å²) in [7, 11) is 0. The van der Waals surface area contributed by atoms with E-state index in [-0.39, 0.29) is 17.9 Å². The highest BCUT2D eigenvalue weighted by Gasteiger charge is 2.29. The Morgan fingerprint density at radius 3 is 2.35 bits per heavy atom. The Labute approximate surface area is 155 Å². The van der Waals surface area contributed by atoms with Gasteiger partial charge in [-0.15, -0.1) is 0 Å². The van der Waals surface area contributed by atoms with E-state index in [9.17, 15) is 9.59 Å². The number of carbonyl (C=O) groups excluding carboxylic acids is 2. The van der Waals surface area contributed by atoms with E-state index in [2.05, 4.69) is 5.32 Å². The Kier molecular flexibility index (Phi) is 6.89. The van der Waals surface area contributed by atoms with Crippen LogP contribution in [0.15, 0.2) is 24.3 Å². The van der Waals surface area contributed by atoms with Gasteiger partial charge in [0.25, 0.3) is 0 Å². The van der Waals surface area contributed by atoms with Crippen molar-refractivity contribution >= 4 is 12.0 Å². The zero-order chi connectivity index (χ0) is 19.2. The third-order valence-electron chi connectivity index (χ3n) is 4.21. The lowest BCUT2D eigenvalue weighted by Crippen LogP contribution is -2.45. The van der Waals surface area contributed by atoms with Crippen LogP contribution >= 0.6 is 0 Å². The minimum absolute atomic E-state index is 0.0290. The smallest absolute Gasteiger partial charge is 0.410 e. The lowest BCUT2D eigenvalue weighted by molar-refractivity contribution is -0.126. The maximum atomic E-state index is 12.3. The summed E-state index contributed by atoms with van der Waals surface area (Å²) in [6.45, 7) is 9.58. The van der Waals surface area contributed by atoms with Crippen LogP contribution in [-0.2, 0) is 9.53 Å². The van der Waals surface area contributed by atoms with Crippen LogP contribution in [0.2, 0.25) is 0 Å². The lowest BCUT2D eigenvalue weighted by atomic mass is 9.96. The molecule has 0 saturated carbocycles. The van der Waals surface area contributed by atoms with Crippen LogP contribution in [0.4, 0.5) is 4.79 Å². The monoisotopic (exact) mass is 362 g/mol. The van der Waals surface area contributed by atoms with E-state index >= 15 is 0 Å². The molecule has 1 heterocycles. The highest BCUT2D eigenvalue weighted by molar-refractivity contribution is 5.79. The summed E-state index contributed by atoms with van der Waals surface area (Å²) < 4.78 is 11.0. The van der Waals surface area contributed by atoms with Gasteiger partial charge in [-0.3, -0.25) is 4.79 Å². The topological polar surface area (TPSA) is 67.9 Å². The molecule has 1 aromatic carbocycles. The molecule has 0 radical (unpaired) electrons. The van der Waals surface area contributed by atoms with E-state index in [1.54, 1.807) is 4.90 Å². The van der Waals surface area contributed by atoms with Gasteiger partial charge >= 0.3 is 6.09 Å². The van der Waals surface area contributed by atoms with E-state index in [1.807, 2.05) is 52.0 Å². The minimum atomic E-state index is -0.497. The number of rotatable bonds is 5. The van der Waals surface area contributed by atoms with Gasteiger partial charge in [0.15, 0.2) is 0 Å². The Balaban J connectivity index is 1.65. The number of carbonyl (C=O) groups is 2. The van der Waals surface area contributed by atoms with Gasteiger partial charge in [-0.25, -0.2) is 4.79 Å². The number of aryl methyl sites for hydroxylation is 1. The number of ether oxygens (including phenoxy) is 2. The first-order valence-electron chi connectivity index (χ1n) is 9.20. The van der Waals surface area contributed by atoms with Gasteiger partial charge in [0, 0.05) is 19.0 Å². The van der Waals surface area contributed by atoms with E-state index in [0.29, 0.717) is 39.1 Å². The molecule has 1 saturated heterocycles. The Hall–Kier alpha value is -2.24. The quantitative estimate of drug-likeness (QED) is 0.817. The maximum Gasteiger partial charge on any atom is 0.410 e. The molecule has 1 aliphatic heterocycles. The molecule has 144 valence electrons. The number of nitrogens with zero attached hydrogens (tertiary/aromatic N) is 1. The molecule has 0 atom stereocenters. The van der Waals surface area contributed by atoms with Crippen molar-refractivity contribution in [2.45, 2.75) is 46.1 Å². The van der Waals surface area contributed by atoms with Crippen LogP contribution in [0.3, 0.4) is 0 Å². The van der Waals surface area contributed by atoms with Gasteiger partial charge < -0.3 is 19.7 Å². The van der Waals surface area contributed by atoms with Gasteiger partial charge in [0.05, 0.1) is 6.54 Å². The second-order valence-electron chi connectivity index (χ2n) is 7.69. The summed E-state index contributed by atoms with van der Waals surface area (Å²) in [6, 6.07) is 7.83. The van der Waals surface area contributed by atoms with Crippen molar-refractivity contribution in [3.05, 3.63) is 29.8 Å². The highest BCUT2D eigenvalue weighted by atomic mass is 16.6. The van der Waals surface area contributed by atoms with E-state index in [0.717, 1.165) is 5.75 Å². The maximum absolute atomic E-state index is 12.3. The third-order valence-corrected chi connectivity index (χ3v) is 4.21. The largest absolute Gasteiger partial charge is 0.492 e. The number of piperidine rings is 1. The second-order valence-corrected chi connectivity index (χ2v) is 7.69. The summed E-state index contributed by atoms with van der Waals surface area (Å²) in [4.78, 5) is 26.0. The zero-order valence-electron chi connectivity index (χ0n) is 16.2. The predicted octanol–water partition coefficient (Wildman–Crippen LogP) is 3.14. The number of benzene rings is 1. The molecule has 0 bridgehead atoms. The fourth-order valence-corrected chi connectivity index (χ4v) is 2.77. The zero-order valence-corrected chi connectivity index (χ0v) is 16.2. The van der Waals surface area contributed by atoms with Crippen molar-refractivity contribution in [3.8, 4) is 5.75 Å². The first kappa shape index (κ1) is 20.1. The molecule has 1 fully saturated rings. The first-order valence-corrected chi connectivity index (χ1v) is 9.20. The molecule has 2 amide bonds. The van der Waals surface area contributed by atoms with Crippen molar-refractivity contribution in [1.82, 2.24) is 10.2 Å². The van der Waals surface area contributed by atoms with Crippen molar-refractivity contribution in [2.24, 2.45) is 5.92 Å². The van der Waals surface area contributed by atoms with Crippen LogP contribution in [0.5, 0.6) is 5.75 Å². The molecule has 1 aliphatic rings. The van der Waals surface area contributed by atoms with Crippen molar-refractivity contribution in [3.63, 3.8) is 0 Å². The lowest BCUT2D eigenvalue weighted by Gasteiger charge is -2.32. The fourth-order valence-electron chi connectivity index (χ4n) is 2.77. The summed E-state index contributed by atoms with van der Waals surface area (Å²) in [5.41, 5.74) is 0.686. The standard InChI is InChI=1S/C20H30N2O4/c1-15-5-7-17(8-6-15)25-14-11-21-18(23)16-9-12-22(13-10-16)19(24)26-20(2,3)4/h5-8,16H,9-14H2,1-4H3,(H,21,23). The van der Waals surface area contributed by atoms with Crippen molar-refractivity contribution in [1.29, 1.82) is 0 Å². The number of likely N-dealkylation sites (tertiary alicyclic amines) is 1. The van der Waals surface area contributed by atoms with E-state index < -0.39 is 5.60 Å². The second kappa shape index (κ2) is 8.92. The molecule has 1 aromatic rings. The van der Waals surface area contributed by atoms with Crippen LogP contribution in [0.25, 0.3) is 0 Å².